The molecule has 0 bridgehead atoms. The highest BCUT2D eigenvalue weighted by atomic mass is 79.9. The van der Waals surface area contributed by atoms with Crippen LogP contribution in [0.5, 0.6) is 0 Å². The molecule has 0 saturated carbocycles. The fourth-order valence-corrected chi connectivity index (χ4v) is 2.26. The molecule has 0 fully saturated rings. The van der Waals surface area contributed by atoms with Crippen LogP contribution in [-0.4, -0.2) is 19.7 Å². The number of nitrogens with two attached hydrogens (primary N) is 1. The van der Waals surface area contributed by atoms with Gasteiger partial charge in [-0.15, -0.1) is 0 Å². The lowest BCUT2D eigenvalue weighted by molar-refractivity contribution is 0.431. The van der Waals surface area contributed by atoms with E-state index >= 15 is 0 Å². The van der Waals surface area contributed by atoms with Crippen LogP contribution in [0.4, 0.5) is 5.69 Å². The Morgan fingerprint density at radius 3 is 2.84 bits per heavy atom. The van der Waals surface area contributed by atoms with E-state index in [4.69, 9.17) is 10.3 Å². The minimum atomic E-state index is 0.408. The van der Waals surface area contributed by atoms with Gasteiger partial charge >= 0.3 is 0 Å². The number of nitrogen functional groups attached to an aromatic ring is 1. The number of rotatable bonds is 2. The molecule has 0 unspecified atom stereocenters. The van der Waals surface area contributed by atoms with E-state index in [9.17, 15) is 0 Å². The zero-order chi connectivity index (χ0) is 13.4. The van der Waals surface area contributed by atoms with E-state index in [0.717, 1.165) is 10.0 Å². The van der Waals surface area contributed by atoms with Crippen LogP contribution in [0.25, 0.3) is 23.1 Å². The Hall–Kier alpha value is -2.15. The van der Waals surface area contributed by atoms with Crippen molar-refractivity contribution in [2.24, 2.45) is 7.05 Å². The third-order valence-corrected chi connectivity index (χ3v) is 3.07. The lowest BCUT2D eigenvalue weighted by atomic mass is 10.2. The topological polar surface area (TPSA) is 82.8 Å². The van der Waals surface area contributed by atoms with Gasteiger partial charge in [-0.05, 0) is 18.2 Å². The Morgan fingerprint density at radius 2 is 2.16 bits per heavy atom. The molecule has 2 heterocycles. The summed E-state index contributed by atoms with van der Waals surface area (Å²) >= 11 is 3.38. The number of hydrogen-bond acceptors (Lipinski definition) is 5. The molecule has 0 atom stereocenters. The van der Waals surface area contributed by atoms with Gasteiger partial charge in [-0.1, -0.05) is 21.1 Å². The minimum Gasteiger partial charge on any atom is -0.399 e. The molecule has 0 aliphatic carbocycles. The molecule has 2 N–H and O–H groups in total. The first-order chi connectivity index (χ1) is 9.13. The van der Waals surface area contributed by atoms with Gasteiger partial charge in [-0.3, -0.25) is 0 Å². The lowest BCUT2D eigenvalue weighted by Crippen LogP contribution is -1.92. The van der Waals surface area contributed by atoms with Gasteiger partial charge in [0, 0.05) is 35.2 Å². The molecule has 7 heteroatoms. The summed E-state index contributed by atoms with van der Waals surface area (Å²) in [5.41, 5.74) is 7.18. The maximum Gasteiger partial charge on any atom is 0.258 e. The highest BCUT2D eigenvalue weighted by Crippen LogP contribution is 2.26. The fourth-order valence-electron chi connectivity index (χ4n) is 1.75. The first-order valence-corrected chi connectivity index (χ1v) is 6.30. The van der Waals surface area contributed by atoms with Gasteiger partial charge < -0.3 is 14.8 Å². The molecular formula is C12H10BrN5O. The Morgan fingerprint density at radius 1 is 1.32 bits per heavy atom. The predicted octanol–water partition coefficient (Wildman–Crippen LogP) is 2.48. The Balaban J connectivity index is 2.04. The molecule has 0 spiro atoms. The van der Waals surface area contributed by atoms with Crippen molar-refractivity contribution < 1.29 is 4.52 Å². The van der Waals surface area contributed by atoms with Crippen molar-refractivity contribution in [1.82, 2.24) is 19.7 Å². The third kappa shape index (κ3) is 2.24. The summed E-state index contributed by atoms with van der Waals surface area (Å²) in [7, 11) is 1.87. The summed E-state index contributed by atoms with van der Waals surface area (Å²) in [5, 5.41) is 3.93. The summed E-state index contributed by atoms with van der Waals surface area (Å²) in [6, 6.07) is 5.45. The quantitative estimate of drug-likeness (QED) is 0.734. The second-order valence-corrected chi connectivity index (χ2v) is 4.97. The molecule has 1 aromatic carbocycles. The van der Waals surface area contributed by atoms with Crippen LogP contribution in [0, 0.1) is 0 Å². The smallest absolute Gasteiger partial charge is 0.258 e. The molecule has 19 heavy (non-hydrogen) atoms. The van der Waals surface area contributed by atoms with Gasteiger partial charge in [0.25, 0.3) is 5.89 Å². The molecular weight excluding hydrogens is 310 g/mol. The van der Waals surface area contributed by atoms with Crippen LogP contribution >= 0.6 is 15.9 Å². The van der Waals surface area contributed by atoms with Crippen molar-refractivity contribution in [3.63, 3.8) is 0 Å². The van der Waals surface area contributed by atoms with Gasteiger partial charge in [0.15, 0.2) is 5.82 Å². The van der Waals surface area contributed by atoms with Crippen molar-refractivity contribution in [3.05, 3.63) is 35.1 Å². The van der Waals surface area contributed by atoms with Crippen molar-refractivity contribution in [3.8, 4) is 23.1 Å². The second-order valence-electron chi connectivity index (χ2n) is 4.06. The summed E-state index contributed by atoms with van der Waals surface area (Å²) in [5.74, 6) is 1.50. The lowest BCUT2D eigenvalue weighted by Gasteiger charge is -1.98. The minimum absolute atomic E-state index is 0.408. The number of imidazole rings is 1. The standard InChI is InChI=1S/C12H10BrN5O/c1-18-3-2-15-11(18)10-16-12(19-17-10)7-4-8(13)6-9(14)5-7/h2-6H,14H2,1H3. The van der Waals surface area contributed by atoms with Gasteiger partial charge in [0.05, 0.1) is 0 Å². The van der Waals surface area contributed by atoms with Gasteiger partial charge in [0.2, 0.25) is 5.82 Å². The molecule has 2 aromatic heterocycles. The van der Waals surface area contributed by atoms with Gasteiger partial charge in [0.1, 0.15) is 0 Å². The van der Waals surface area contributed by atoms with Gasteiger partial charge in [-0.2, -0.15) is 4.98 Å². The number of nitrogens with zero attached hydrogens (tertiary/aromatic N) is 4. The van der Waals surface area contributed by atoms with Crippen molar-refractivity contribution >= 4 is 21.6 Å². The number of halogens is 1. The molecule has 96 valence electrons. The molecule has 0 radical (unpaired) electrons. The molecule has 6 nitrogen and oxygen atoms in total. The predicted molar refractivity (Wildman–Crippen MR) is 74.0 cm³/mol. The summed E-state index contributed by atoms with van der Waals surface area (Å²) in [6.45, 7) is 0. The average molecular weight is 320 g/mol. The van der Waals surface area contributed by atoms with Crippen LogP contribution in [0.2, 0.25) is 0 Å². The zero-order valence-corrected chi connectivity index (χ0v) is 11.6. The van der Waals surface area contributed by atoms with Gasteiger partial charge in [-0.25, -0.2) is 4.98 Å². The second kappa shape index (κ2) is 4.51. The molecule has 3 rings (SSSR count). The maximum absolute atomic E-state index is 5.79. The molecule has 0 saturated heterocycles. The summed E-state index contributed by atoms with van der Waals surface area (Å²) in [4.78, 5) is 8.50. The van der Waals surface area contributed by atoms with E-state index in [2.05, 4.69) is 31.1 Å². The van der Waals surface area contributed by atoms with E-state index in [1.54, 1.807) is 18.3 Å². The Labute approximate surface area is 117 Å². The molecule has 0 amide bonds. The van der Waals surface area contributed by atoms with Crippen molar-refractivity contribution in [2.45, 2.75) is 0 Å². The average Bonchev–Trinajstić information content (AvgIpc) is 2.95. The largest absolute Gasteiger partial charge is 0.399 e. The maximum atomic E-state index is 5.79. The summed E-state index contributed by atoms with van der Waals surface area (Å²) in [6.07, 6.45) is 3.50. The number of aryl methyl sites for hydroxylation is 1. The van der Waals surface area contributed by atoms with E-state index in [1.807, 2.05) is 23.9 Å². The molecule has 0 aliphatic rings. The molecule has 0 aliphatic heterocycles. The zero-order valence-electron chi connectivity index (χ0n) is 10.0. The Bertz CT molecular complexity index is 713. The van der Waals surface area contributed by atoms with E-state index in [0.29, 0.717) is 23.2 Å². The highest BCUT2D eigenvalue weighted by Gasteiger charge is 2.14. The van der Waals surface area contributed by atoms with Crippen LogP contribution in [-0.2, 0) is 7.05 Å². The van der Waals surface area contributed by atoms with E-state index in [1.165, 1.54) is 0 Å². The normalized spacial score (nSPS) is 10.8. The fraction of sp³-hybridized carbons (Fsp3) is 0.0833. The number of hydrogen-bond donors (Lipinski definition) is 1. The first-order valence-electron chi connectivity index (χ1n) is 5.51. The third-order valence-electron chi connectivity index (χ3n) is 2.61. The van der Waals surface area contributed by atoms with Crippen molar-refractivity contribution in [2.75, 3.05) is 5.73 Å². The SMILES string of the molecule is Cn1ccnc1-c1noc(-c2cc(N)cc(Br)c2)n1. The molecule has 3 aromatic rings. The first kappa shape index (κ1) is 11.9. The van der Waals surface area contributed by atoms with Crippen LogP contribution in [0.3, 0.4) is 0 Å². The monoisotopic (exact) mass is 319 g/mol. The van der Waals surface area contributed by atoms with Crippen LogP contribution < -0.4 is 5.73 Å². The number of anilines is 1. The van der Waals surface area contributed by atoms with Crippen LogP contribution in [0.1, 0.15) is 0 Å². The number of aromatic nitrogens is 4. The summed E-state index contributed by atoms with van der Waals surface area (Å²) < 4.78 is 7.93. The van der Waals surface area contributed by atoms with Crippen LogP contribution in [0.15, 0.2) is 39.6 Å². The number of benzene rings is 1. The van der Waals surface area contributed by atoms with E-state index < -0.39 is 0 Å². The Kier molecular flexibility index (Phi) is 2.83. The highest BCUT2D eigenvalue weighted by molar-refractivity contribution is 9.10. The van der Waals surface area contributed by atoms with E-state index in [-0.39, 0.29) is 0 Å². The van der Waals surface area contributed by atoms with Crippen molar-refractivity contribution in [1.29, 1.82) is 0 Å².